The van der Waals surface area contributed by atoms with Gasteiger partial charge in [0.25, 0.3) is 0 Å². The van der Waals surface area contributed by atoms with Crippen molar-refractivity contribution in [2.24, 2.45) is 0 Å². The summed E-state index contributed by atoms with van der Waals surface area (Å²) in [6, 6.07) is 52.3. The second kappa shape index (κ2) is 17.6. The Kier molecular flexibility index (Phi) is 9.94. The van der Waals surface area contributed by atoms with E-state index in [1.54, 1.807) is 0 Å². The van der Waals surface area contributed by atoms with Crippen LogP contribution in [-0.4, -0.2) is 30.8 Å². The van der Waals surface area contributed by atoms with Gasteiger partial charge in [-0.15, -0.1) is 0 Å². The Morgan fingerprint density at radius 3 is 1.99 bits per heavy atom. The quantitative estimate of drug-likeness (QED) is 0.112. The number of hydrogen-bond acceptors (Lipinski definition) is 4. The molecule has 1 aliphatic heterocycles. The molecular formula is C61H53BN6OPt-2. The molecule has 7 aromatic carbocycles. The van der Waals surface area contributed by atoms with Gasteiger partial charge in [-0.1, -0.05) is 30.3 Å². The maximum absolute atomic E-state index is 9.28. The number of aromatic nitrogens is 5. The van der Waals surface area contributed by atoms with Crippen molar-refractivity contribution in [3.05, 3.63) is 209 Å². The molecule has 0 spiro atoms. The molecule has 1 aliphatic rings. The van der Waals surface area contributed by atoms with Gasteiger partial charge in [0, 0.05) is 11.8 Å². The van der Waals surface area contributed by atoms with Crippen LogP contribution in [0.4, 0.5) is 11.5 Å². The summed E-state index contributed by atoms with van der Waals surface area (Å²) in [7, 11) is 0. The summed E-state index contributed by atoms with van der Waals surface area (Å²) in [5.74, 6) is 1.73. The summed E-state index contributed by atoms with van der Waals surface area (Å²) < 4.78 is 58.5. The van der Waals surface area contributed by atoms with Crippen LogP contribution >= 0.6 is 0 Å². The number of hydrogen-bond donors (Lipinski definition) is 0. The predicted octanol–water partition coefficient (Wildman–Crippen LogP) is 15.2. The van der Waals surface area contributed by atoms with Gasteiger partial charge in [-0.2, -0.15) is 5.10 Å². The normalized spacial score (nSPS) is 13.6. The van der Waals surface area contributed by atoms with Crippen molar-refractivity contribution in [1.82, 2.24) is 23.8 Å². The molecule has 9 heteroatoms. The van der Waals surface area contributed by atoms with Gasteiger partial charge in [0.15, 0.2) is 0 Å². The zero-order valence-corrected chi connectivity index (χ0v) is 42.6. The van der Waals surface area contributed by atoms with E-state index in [1.165, 1.54) is 0 Å². The van der Waals surface area contributed by atoms with Crippen molar-refractivity contribution in [3.8, 4) is 67.6 Å². The van der Waals surface area contributed by atoms with E-state index in [4.69, 9.17) is 18.9 Å². The summed E-state index contributed by atoms with van der Waals surface area (Å²) in [5, 5.41) is 5.11. The van der Waals surface area contributed by atoms with Gasteiger partial charge in [-0.25, -0.2) is 0 Å². The molecule has 0 saturated carbocycles. The molecule has 0 amide bonds. The summed E-state index contributed by atoms with van der Waals surface area (Å²) >= 11 is 2.34. The number of nitrogens with zero attached hydrogens (tertiary/aromatic N) is 6. The molecular weight excluding hydrogens is 1040 g/mol. The SMILES string of the molecule is [2H]c1c([2H])c([2H])c(-c2cccc(-c3cc(C(C)(C)C)cc(C(C)(C)C)c3)c2-n2[c](=[Pt])n(-c3[c-]c(Oc4[c-]c5c(cc4)-c4cc(-c6ccccc6)nn4B(C)N5c4cc(C)ccn4)ccc3)c3ccccc32)c([2H])c1[2H]. The third-order valence-corrected chi connectivity index (χ3v) is 14.0. The monoisotopic (exact) mass is 1100 g/mol. The molecule has 0 bridgehead atoms. The summed E-state index contributed by atoms with van der Waals surface area (Å²) in [5.41, 5.74) is 13.1. The van der Waals surface area contributed by atoms with Crippen molar-refractivity contribution in [2.45, 2.75) is 66.1 Å². The van der Waals surface area contributed by atoms with Crippen LogP contribution in [0, 0.1) is 22.9 Å². The van der Waals surface area contributed by atoms with E-state index < -0.39 is 18.1 Å². The molecule has 0 atom stereocenters. The van der Waals surface area contributed by atoms with E-state index >= 15 is 0 Å². The van der Waals surface area contributed by atoms with Crippen molar-refractivity contribution < 1.29 is 30.9 Å². The van der Waals surface area contributed by atoms with Gasteiger partial charge in [0.2, 0.25) is 0 Å². The number of imidazole rings is 1. The standard InChI is InChI=1S/C61H53BN6O.Pt/c1-41-31-32-63-58(33-41)67-56-38-49(29-30-52(56)57-39-53(64-68(57)62(67)8)43-21-13-10-14-22-43)69-48-24-17-23-47(37-48)65-40-66(55-28-16-15-27-54(55)65)59-50(42-19-11-9-12-20-42)25-18-26-51(59)44-34-45(60(2,3)4)36-46(35-44)61(5,6)7;/h9-36,39H,1-8H3;/q-2;/i9D,11D,12D,19D,20D;. The van der Waals surface area contributed by atoms with E-state index in [9.17, 15) is 2.74 Å². The van der Waals surface area contributed by atoms with Crippen LogP contribution in [0.15, 0.2) is 176 Å². The molecule has 0 radical (unpaired) electrons. The number of ether oxygens (including phenoxy) is 1. The van der Waals surface area contributed by atoms with Gasteiger partial charge < -0.3 is 0 Å². The van der Waals surface area contributed by atoms with Crippen LogP contribution in [0.3, 0.4) is 0 Å². The zero-order valence-electron chi connectivity index (χ0n) is 45.3. The Bertz CT molecular complexity index is 3920. The molecule has 7 nitrogen and oxygen atoms in total. The van der Waals surface area contributed by atoms with Crippen LogP contribution in [0.5, 0.6) is 11.5 Å². The summed E-state index contributed by atoms with van der Waals surface area (Å²) in [6.07, 6.45) is 1.82. The molecule has 0 N–H and O–H groups in total. The van der Waals surface area contributed by atoms with Gasteiger partial charge in [0.1, 0.15) is 0 Å². The first kappa shape index (κ1) is 39.6. The van der Waals surface area contributed by atoms with Gasteiger partial charge >= 0.3 is 360 Å². The maximum atomic E-state index is 9.28. The minimum absolute atomic E-state index is 0.122. The number of rotatable bonds is 8. The average Bonchev–Trinajstić information content (AvgIpc) is 3.97. The molecule has 4 heterocycles. The van der Waals surface area contributed by atoms with E-state index in [0.29, 0.717) is 28.4 Å². The van der Waals surface area contributed by atoms with Crippen LogP contribution in [0.25, 0.3) is 67.2 Å². The topological polar surface area (TPSA) is 53.0 Å². The van der Waals surface area contributed by atoms with Gasteiger partial charge in [-0.3, -0.25) is 0 Å². The molecule has 70 heavy (non-hydrogen) atoms. The van der Waals surface area contributed by atoms with Gasteiger partial charge in [-0.05, 0) is 18.6 Å². The van der Waals surface area contributed by atoms with Crippen molar-refractivity contribution in [1.29, 1.82) is 0 Å². The number of fused-ring (bicyclic) bond motifs is 4. The molecule has 0 fully saturated rings. The van der Waals surface area contributed by atoms with E-state index in [0.717, 1.165) is 76.7 Å². The first-order valence-corrected chi connectivity index (χ1v) is 24.6. The van der Waals surface area contributed by atoms with Crippen LogP contribution in [0.1, 0.15) is 65.1 Å². The number of anilines is 2. The van der Waals surface area contributed by atoms with Crippen molar-refractivity contribution in [3.63, 3.8) is 0 Å². The van der Waals surface area contributed by atoms with Gasteiger partial charge in [0.05, 0.1) is 5.69 Å². The predicted molar refractivity (Wildman–Crippen MR) is 283 cm³/mol. The summed E-state index contributed by atoms with van der Waals surface area (Å²) in [6.45, 7) is 17.2. The first-order chi connectivity index (χ1) is 35.8. The fourth-order valence-electron chi connectivity index (χ4n) is 9.36. The van der Waals surface area contributed by atoms with Crippen LogP contribution < -0.4 is 9.55 Å². The molecule has 0 unspecified atom stereocenters. The number of benzene rings is 7. The van der Waals surface area contributed by atoms with E-state index in [1.807, 2.05) is 83.6 Å². The second-order valence-corrected chi connectivity index (χ2v) is 20.9. The Morgan fingerprint density at radius 2 is 1.29 bits per heavy atom. The fourth-order valence-corrected chi connectivity index (χ4v) is 10.4. The molecule has 11 rings (SSSR count). The second-order valence-electron chi connectivity index (χ2n) is 19.9. The first-order valence-electron chi connectivity index (χ1n) is 26.0. The molecule has 0 aliphatic carbocycles. The van der Waals surface area contributed by atoms with E-state index in [-0.39, 0.29) is 35.5 Å². The van der Waals surface area contributed by atoms with Crippen molar-refractivity contribution in [2.75, 3.05) is 4.81 Å². The average molecular weight is 1100 g/mol. The number of aryl methyl sites for hydroxylation is 1. The Labute approximate surface area is 429 Å². The molecule has 0 saturated heterocycles. The van der Waals surface area contributed by atoms with E-state index in [2.05, 4.69) is 167 Å². The van der Waals surface area contributed by atoms with Crippen LogP contribution in [-0.2, 0) is 30.2 Å². The molecule has 3 aromatic heterocycles. The Morgan fingerprint density at radius 1 is 0.629 bits per heavy atom. The molecule has 348 valence electrons. The Hall–Kier alpha value is -7.28. The Balaban J connectivity index is 1.08. The van der Waals surface area contributed by atoms with Crippen molar-refractivity contribution >= 4 is 29.5 Å². The third kappa shape index (κ3) is 8.18. The minimum atomic E-state index is -0.441. The molecule has 10 aromatic rings. The fraction of sp³-hybridized carbons (Fsp3) is 0.164. The number of pyridine rings is 1. The third-order valence-electron chi connectivity index (χ3n) is 13.0. The van der Waals surface area contributed by atoms with Crippen LogP contribution in [0.2, 0.25) is 6.82 Å². The summed E-state index contributed by atoms with van der Waals surface area (Å²) in [4.78, 5) is 6.98. The number of para-hydroxylation sites is 3. The zero-order chi connectivity index (χ0) is 52.8.